The smallest absolute Gasteiger partial charge is 0.0594 e. The first kappa shape index (κ1) is 16.9. The Bertz CT molecular complexity index is 241. The van der Waals surface area contributed by atoms with Gasteiger partial charge in [-0.25, -0.2) is 0 Å². The normalized spacial score (nSPS) is 23.8. The van der Waals surface area contributed by atoms with E-state index in [0.29, 0.717) is 6.04 Å². The quantitative estimate of drug-likeness (QED) is 0.734. The van der Waals surface area contributed by atoms with Crippen molar-refractivity contribution in [3.05, 3.63) is 0 Å². The lowest BCUT2D eigenvalue weighted by Crippen LogP contribution is -2.63. The molecule has 1 fully saturated rings. The Morgan fingerprint density at radius 2 is 1.84 bits per heavy atom. The minimum absolute atomic E-state index is 0.244. The largest absolute Gasteiger partial charge is 0.379 e. The third-order valence-corrected chi connectivity index (χ3v) is 4.86. The van der Waals surface area contributed by atoms with E-state index in [0.717, 1.165) is 38.8 Å². The van der Waals surface area contributed by atoms with Crippen molar-refractivity contribution in [2.45, 2.75) is 65.5 Å². The zero-order valence-electron chi connectivity index (χ0n) is 13.7. The highest BCUT2D eigenvalue weighted by molar-refractivity contribution is 4.99. The van der Waals surface area contributed by atoms with Gasteiger partial charge in [0.05, 0.1) is 13.2 Å². The molecule has 1 heterocycles. The average Bonchev–Trinajstić information content (AvgIpc) is 2.45. The number of hydrogen-bond donors (Lipinski definition) is 1. The SMILES string of the molecule is CCCC(C)C(NCC)C(C)(CC)N1CCOCC1. The molecule has 114 valence electrons. The molecule has 1 rings (SSSR count). The van der Waals surface area contributed by atoms with Crippen LogP contribution in [0.3, 0.4) is 0 Å². The molecule has 0 radical (unpaired) electrons. The number of hydrogen-bond acceptors (Lipinski definition) is 3. The van der Waals surface area contributed by atoms with Crippen LogP contribution in [-0.2, 0) is 4.74 Å². The lowest BCUT2D eigenvalue weighted by molar-refractivity contribution is -0.0403. The minimum Gasteiger partial charge on any atom is -0.379 e. The molecule has 3 atom stereocenters. The average molecular weight is 270 g/mol. The predicted octanol–water partition coefficient (Wildman–Crippen LogP) is 2.90. The van der Waals surface area contributed by atoms with Crippen LogP contribution in [0.4, 0.5) is 0 Å². The Morgan fingerprint density at radius 1 is 1.21 bits per heavy atom. The fraction of sp³-hybridized carbons (Fsp3) is 1.00. The third-order valence-electron chi connectivity index (χ3n) is 4.86. The summed E-state index contributed by atoms with van der Waals surface area (Å²) in [6, 6.07) is 0.570. The molecule has 1 saturated heterocycles. The minimum atomic E-state index is 0.244. The molecule has 1 aliphatic rings. The van der Waals surface area contributed by atoms with E-state index in [1.54, 1.807) is 0 Å². The van der Waals surface area contributed by atoms with Crippen LogP contribution >= 0.6 is 0 Å². The molecule has 1 N–H and O–H groups in total. The van der Waals surface area contributed by atoms with Gasteiger partial charge in [-0.15, -0.1) is 0 Å². The Hall–Kier alpha value is -0.120. The molecule has 0 spiro atoms. The molecule has 0 aliphatic carbocycles. The second kappa shape index (κ2) is 8.23. The summed E-state index contributed by atoms with van der Waals surface area (Å²) < 4.78 is 5.52. The summed E-state index contributed by atoms with van der Waals surface area (Å²) in [4.78, 5) is 2.65. The molecular formula is C16H34N2O. The Balaban J connectivity index is 2.85. The molecule has 0 bridgehead atoms. The lowest BCUT2D eigenvalue weighted by Gasteiger charge is -2.50. The van der Waals surface area contributed by atoms with Crippen LogP contribution in [0.15, 0.2) is 0 Å². The van der Waals surface area contributed by atoms with E-state index in [1.165, 1.54) is 19.3 Å². The summed E-state index contributed by atoms with van der Waals surface area (Å²) in [5.41, 5.74) is 0.244. The van der Waals surface area contributed by atoms with E-state index in [4.69, 9.17) is 4.74 Å². The number of ether oxygens (including phenoxy) is 1. The highest BCUT2D eigenvalue weighted by Crippen LogP contribution is 2.30. The Kier molecular flexibility index (Phi) is 7.33. The van der Waals surface area contributed by atoms with Gasteiger partial charge in [0.2, 0.25) is 0 Å². The van der Waals surface area contributed by atoms with Crippen LogP contribution in [0.5, 0.6) is 0 Å². The summed E-state index contributed by atoms with van der Waals surface area (Å²) in [5, 5.41) is 3.77. The summed E-state index contributed by atoms with van der Waals surface area (Å²) in [7, 11) is 0. The predicted molar refractivity (Wildman–Crippen MR) is 82.6 cm³/mol. The maximum absolute atomic E-state index is 5.52. The van der Waals surface area contributed by atoms with E-state index in [9.17, 15) is 0 Å². The summed E-state index contributed by atoms with van der Waals surface area (Å²) in [5.74, 6) is 0.720. The molecule has 0 aromatic rings. The highest BCUT2D eigenvalue weighted by atomic mass is 16.5. The summed E-state index contributed by atoms with van der Waals surface area (Å²) in [6.07, 6.45) is 3.77. The van der Waals surface area contributed by atoms with Crippen LogP contribution < -0.4 is 5.32 Å². The van der Waals surface area contributed by atoms with Crippen molar-refractivity contribution in [2.24, 2.45) is 5.92 Å². The van der Waals surface area contributed by atoms with Gasteiger partial charge in [0.1, 0.15) is 0 Å². The van der Waals surface area contributed by atoms with Gasteiger partial charge >= 0.3 is 0 Å². The number of likely N-dealkylation sites (N-methyl/N-ethyl adjacent to an activating group) is 1. The first-order valence-corrected chi connectivity index (χ1v) is 8.16. The van der Waals surface area contributed by atoms with Crippen LogP contribution in [0.1, 0.15) is 53.9 Å². The van der Waals surface area contributed by atoms with Gasteiger partial charge in [-0.2, -0.15) is 0 Å². The fourth-order valence-corrected chi connectivity index (χ4v) is 3.59. The van der Waals surface area contributed by atoms with E-state index in [1.807, 2.05) is 0 Å². The fourth-order valence-electron chi connectivity index (χ4n) is 3.59. The summed E-state index contributed by atoms with van der Waals surface area (Å²) in [6.45, 7) is 16.7. The van der Waals surface area contributed by atoms with E-state index >= 15 is 0 Å². The number of rotatable bonds is 8. The molecule has 3 heteroatoms. The molecule has 0 saturated carbocycles. The van der Waals surface area contributed by atoms with Gasteiger partial charge in [0, 0.05) is 24.7 Å². The molecule has 19 heavy (non-hydrogen) atoms. The number of nitrogens with zero attached hydrogens (tertiary/aromatic N) is 1. The molecule has 1 aliphatic heterocycles. The number of morpholine rings is 1. The van der Waals surface area contributed by atoms with Crippen molar-refractivity contribution >= 4 is 0 Å². The van der Waals surface area contributed by atoms with E-state index in [-0.39, 0.29) is 5.54 Å². The molecule has 3 unspecified atom stereocenters. The van der Waals surface area contributed by atoms with Crippen molar-refractivity contribution in [1.82, 2.24) is 10.2 Å². The number of nitrogens with one attached hydrogen (secondary N) is 1. The van der Waals surface area contributed by atoms with Crippen molar-refractivity contribution < 1.29 is 4.74 Å². The van der Waals surface area contributed by atoms with Gasteiger partial charge in [0.25, 0.3) is 0 Å². The second-order valence-corrected chi connectivity index (χ2v) is 6.11. The van der Waals surface area contributed by atoms with Gasteiger partial charge in [0.15, 0.2) is 0 Å². The van der Waals surface area contributed by atoms with Crippen LogP contribution in [0.2, 0.25) is 0 Å². The van der Waals surface area contributed by atoms with Gasteiger partial charge in [-0.05, 0) is 32.2 Å². The third kappa shape index (κ3) is 4.17. The first-order chi connectivity index (χ1) is 9.10. The maximum atomic E-state index is 5.52. The molecular weight excluding hydrogens is 236 g/mol. The van der Waals surface area contributed by atoms with Crippen molar-refractivity contribution in [2.75, 3.05) is 32.8 Å². The van der Waals surface area contributed by atoms with Crippen molar-refractivity contribution in [1.29, 1.82) is 0 Å². The first-order valence-electron chi connectivity index (χ1n) is 8.16. The van der Waals surface area contributed by atoms with Crippen LogP contribution in [0, 0.1) is 5.92 Å². The van der Waals surface area contributed by atoms with Crippen LogP contribution in [-0.4, -0.2) is 49.3 Å². The highest BCUT2D eigenvalue weighted by Gasteiger charge is 2.40. The van der Waals surface area contributed by atoms with Gasteiger partial charge in [-0.1, -0.05) is 34.1 Å². The van der Waals surface area contributed by atoms with Crippen molar-refractivity contribution in [3.63, 3.8) is 0 Å². The monoisotopic (exact) mass is 270 g/mol. The second-order valence-electron chi connectivity index (χ2n) is 6.11. The Morgan fingerprint density at radius 3 is 2.32 bits per heavy atom. The summed E-state index contributed by atoms with van der Waals surface area (Å²) >= 11 is 0. The van der Waals surface area contributed by atoms with Gasteiger partial charge in [-0.3, -0.25) is 4.90 Å². The maximum Gasteiger partial charge on any atom is 0.0594 e. The van der Waals surface area contributed by atoms with Crippen molar-refractivity contribution in [3.8, 4) is 0 Å². The lowest BCUT2D eigenvalue weighted by atomic mass is 9.78. The van der Waals surface area contributed by atoms with E-state index in [2.05, 4.69) is 44.8 Å². The molecule has 0 aromatic carbocycles. The zero-order valence-corrected chi connectivity index (χ0v) is 13.7. The van der Waals surface area contributed by atoms with Gasteiger partial charge < -0.3 is 10.1 Å². The van der Waals surface area contributed by atoms with E-state index < -0.39 is 0 Å². The molecule has 0 amide bonds. The zero-order chi connectivity index (χ0) is 14.3. The Labute approximate surface area is 120 Å². The van der Waals surface area contributed by atoms with Crippen LogP contribution in [0.25, 0.3) is 0 Å². The molecule has 0 aromatic heterocycles. The standard InChI is InChI=1S/C16H34N2O/c1-6-9-14(4)15(17-8-3)16(5,7-2)18-10-12-19-13-11-18/h14-15,17H,6-13H2,1-5H3. The molecule has 3 nitrogen and oxygen atoms in total. The topological polar surface area (TPSA) is 24.5 Å².